The molecule has 0 spiro atoms. The Balaban J connectivity index is 1.83. The highest BCUT2D eigenvalue weighted by molar-refractivity contribution is 6.61. The van der Waals surface area contributed by atoms with Gasteiger partial charge in [-0.3, -0.25) is 4.98 Å². The highest BCUT2D eigenvalue weighted by Gasteiger charge is 2.52. The first kappa shape index (κ1) is 14.0. The lowest BCUT2D eigenvalue weighted by atomic mass is 9.82. The Morgan fingerprint density at radius 3 is 2.55 bits per heavy atom. The van der Waals surface area contributed by atoms with Gasteiger partial charge >= 0.3 is 7.12 Å². The summed E-state index contributed by atoms with van der Waals surface area (Å²) in [6.45, 7) is 10.4. The maximum absolute atomic E-state index is 6.07. The molecule has 5 heteroatoms. The van der Waals surface area contributed by atoms with Crippen LogP contribution >= 0.6 is 0 Å². The van der Waals surface area contributed by atoms with Gasteiger partial charge in [-0.2, -0.15) is 0 Å². The largest absolute Gasteiger partial charge is 0.514 e. The molecule has 2 aliphatic heterocycles. The van der Waals surface area contributed by atoms with E-state index in [9.17, 15) is 0 Å². The van der Waals surface area contributed by atoms with Crippen LogP contribution in [-0.2, 0) is 9.31 Å². The van der Waals surface area contributed by atoms with E-state index in [1.165, 1.54) is 12.0 Å². The maximum atomic E-state index is 6.07. The van der Waals surface area contributed by atoms with E-state index in [0.717, 1.165) is 18.7 Å². The van der Waals surface area contributed by atoms with Crippen molar-refractivity contribution in [2.75, 3.05) is 13.1 Å². The smallest absolute Gasteiger partial charge is 0.398 e. The summed E-state index contributed by atoms with van der Waals surface area (Å²) in [6, 6.07) is 4.24. The molecule has 0 saturated carbocycles. The van der Waals surface area contributed by atoms with E-state index in [1.54, 1.807) is 0 Å². The van der Waals surface area contributed by atoms with Crippen molar-refractivity contribution in [1.82, 2.24) is 10.3 Å². The standard InChI is InChI=1S/C15H23BN2O2/c1-14(2)15(3,4)20-16(19-14)13-9-11(6-8-18-13)12-5-7-17-10-12/h6,8-9,12,17H,5,7,10H2,1-4H3. The van der Waals surface area contributed by atoms with Gasteiger partial charge < -0.3 is 14.6 Å². The van der Waals surface area contributed by atoms with Crippen LogP contribution in [0.2, 0.25) is 0 Å². The summed E-state index contributed by atoms with van der Waals surface area (Å²) in [5.74, 6) is 0.583. The fourth-order valence-electron chi connectivity index (χ4n) is 2.75. The minimum atomic E-state index is -0.366. The number of aromatic nitrogens is 1. The summed E-state index contributed by atoms with van der Waals surface area (Å²) in [7, 11) is -0.366. The van der Waals surface area contributed by atoms with Crippen LogP contribution in [0.5, 0.6) is 0 Å². The van der Waals surface area contributed by atoms with E-state index in [4.69, 9.17) is 9.31 Å². The third-order valence-electron chi connectivity index (χ3n) is 4.83. The molecule has 0 aromatic carbocycles. The number of nitrogens with one attached hydrogen (secondary N) is 1. The molecule has 1 unspecified atom stereocenters. The Bertz CT molecular complexity index is 482. The molecule has 1 N–H and O–H groups in total. The van der Waals surface area contributed by atoms with Crippen molar-refractivity contribution in [3.63, 3.8) is 0 Å². The monoisotopic (exact) mass is 274 g/mol. The summed E-state index contributed by atoms with van der Waals surface area (Å²) < 4.78 is 12.1. The van der Waals surface area contributed by atoms with Gasteiger partial charge in [-0.05, 0) is 64.3 Å². The third-order valence-corrected chi connectivity index (χ3v) is 4.83. The summed E-state index contributed by atoms with van der Waals surface area (Å²) in [4.78, 5) is 4.45. The Morgan fingerprint density at radius 1 is 1.25 bits per heavy atom. The predicted octanol–water partition coefficient (Wildman–Crippen LogP) is 1.46. The van der Waals surface area contributed by atoms with E-state index in [0.29, 0.717) is 5.92 Å². The van der Waals surface area contributed by atoms with Crippen LogP contribution in [-0.4, -0.2) is 36.4 Å². The first-order valence-corrected chi connectivity index (χ1v) is 7.41. The zero-order chi connectivity index (χ0) is 14.4. The molecule has 1 atom stereocenters. The van der Waals surface area contributed by atoms with Gasteiger partial charge in [0.05, 0.1) is 16.8 Å². The topological polar surface area (TPSA) is 43.4 Å². The fraction of sp³-hybridized carbons (Fsp3) is 0.667. The van der Waals surface area contributed by atoms with Crippen molar-refractivity contribution in [3.8, 4) is 0 Å². The minimum absolute atomic E-state index is 0.315. The van der Waals surface area contributed by atoms with Gasteiger partial charge in [0.25, 0.3) is 0 Å². The second-order valence-corrected chi connectivity index (χ2v) is 6.79. The zero-order valence-electron chi connectivity index (χ0n) is 12.8. The molecule has 108 valence electrons. The molecule has 3 rings (SSSR count). The molecular formula is C15H23BN2O2. The number of rotatable bonds is 2. The normalized spacial score (nSPS) is 28.0. The van der Waals surface area contributed by atoms with Crippen LogP contribution in [0.1, 0.15) is 45.6 Å². The first-order valence-electron chi connectivity index (χ1n) is 7.41. The highest BCUT2D eigenvalue weighted by Crippen LogP contribution is 2.36. The molecule has 20 heavy (non-hydrogen) atoms. The predicted molar refractivity (Wildman–Crippen MR) is 80.2 cm³/mol. The Kier molecular flexibility index (Phi) is 3.39. The molecule has 2 fully saturated rings. The van der Waals surface area contributed by atoms with Crippen molar-refractivity contribution in [1.29, 1.82) is 0 Å². The molecule has 0 radical (unpaired) electrons. The number of hydrogen-bond donors (Lipinski definition) is 1. The van der Waals surface area contributed by atoms with Gasteiger partial charge in [0.1, 0.15) is 0 Å². The van der Waals surface area contributed by atoms with Crippen molar-refractivity contribution in [2.24, 2.45) is 0 Å². The summed E-state index contributed by atoms with van der Waals surface area (Å²) in [5.41, 5.74) is 1.58. The van der Waals surface area contributed by atoms with Crippen molar-refractivity contribution < 1.29 is 9.31 Å². The van der Waals surface area contributed by atoms with E-state index in [-0.39, 0.29) is 18.3 Å². The molecule has 2 saturated heterocycles. The number of nitrogens with zero attached hydrogens (tertiary/aromatic N) is 1. The SMILES string of the molecule is CC1(C)OB(c2cc(C3CCNC3)ccn2)OC1(C)C. The van der Waals surface area contributed by atoms with Crippen LogP contribution in [0.4, 0.5) is 0 Å². The van der Waals surface area contributed by atoms with Gasteiger partial charge in [-0.1, -0.05) is 0 Å². The average Bonchev–Trinajstić information content (AvgIpc) is 2.97. The second kappa shape index (κ2) is 4.83. The summed E-state index contributed by atoms with van der Waals surface area (Å²) >= 11 is 0. The lowest BCUT2D eigenvalue weighted by Crippen LogP contribution is -2.41. The minimum Gasteiger partial charge on any atom is -0.398 e. The van der Waals surface area contributed by atoms with Crippen LogP contribution in [0, 0.1) is 0 Å². The Labute approximate surface area is 121 Å². The molecule has 0 amide bonds. The first-order chi connectivity index (χ1) is 9.39. The lowest BCUT2D eigenvalue weighted by Gasteiger charge is -2.32. The quantitative estimate of drug-likeness (QED) is 0.829. The van der Waals surface area contributed by atoms with Gasteiger partial charge in [0.2, 0.25) is 0 Å². The number of pyridine rings is 1. The van der Waals surface area contributed by atoms with Crippen molar-refractivity contribution in [2.45, 2.75) is 51.2 Å². The molecule has 1 aromatic rings. The van der Waals surface area contributed by atoms with E-state index < -0.39 is 0 Å². The van der Waals surface area contributed by atoms with Crippen LogP contribution < -0.4 is 10.9 Å². The second-order valence-electron chi connectivity index (χ2n) is 6.79. The third kappa shape index (κ3) is 2.38. The molecule has 2 aliphatic rings. The number of hydrogen-bond acceptors (Lipinski definition) is 4. The fourth-order valence-corrected chi connectivity index (χ4v) is 2.75. The van der Waals surface area contributed by atoms with Crippen molar-refractivity contribution >= 4 is 12.7 Å². The molecule has 0 bridgehead atoms. The van der Waals surface area contributed by atoms with Gasteiger partial charge in [-0.15, -0.1) is 0 Å². The Hall–Kier alpha value is -0.905. The zero-order valence-corrected chi connectivity index (χ0v) is 12.8. The summed E-state index contributed by atoms with van der Waals surface area (Å²) in [6.07, 6.45) is 3.06. The molecular weight excluding hydrogens is 251 g/mol. The van der Waals surface area contributed by atoms with E-state index >= 15 is 0 Å². The summed E-state index contributed by atoms with van der Waals surface area (Å²) in [5, 5.41) is 3.40. The van der Waals surface area contributed by atoms with E-state index in [2.05, 4.69) is 50.1 Å². The van der Waals surface area contributed by atoms with Gasteiger partial charge in [0, 0.05) is 12.7 Å². The van der Waals surface area contributed by atoms with Crippen LogP contribution in [0.25, 0.3) is 0 Å². The maximum Gasteiger partial charge on any atom is 0.514 e. The van der Waals surface area contributed by atoms with E-state index in [1.807, 2.05) is 6.20 Å². The van der Waals surface area contributed by atoms with Gasteiger partial charge in [-0.25, -0.2) is 0 Å². The van der Waals surface area contributed by atoms with Gasteiger partial charge in [0.15, 0.2) is 0 Å². The van der Waals surface area contributed by atoms with Crippen LogP contribution in [0.3, 0.4) is 0 Å². The molecule has 0 aliphatic carbocycles. The Morgan fingerprint density at radius 2 is 1.95 bits per heavy atom. The lowest BCUT2D eigenvalue weighted by molar-refractivity contribution is 0.00578. The highest BCUT2D eigenvalue weighted by atomic mass is 16.7. The average molecular weight is 274 g/mol. The molecule has 3 heterocycles. The van der Waals surface area contributed by atoms with Crippen molar-refractivity contribution in [3.05, 3.63) is 23.9 Å². The molecule has 4 nitrogen and oxygen atoms in total. The van der Waals surface area contributed by atoms with Crippen LogP contribution in [0.15, 0.2) is 18.3 Å². The molecule has 1 aromatic heterocycles.